The number of rotatable bonds is 5. The minimum absolute atomic E-state index is 0.0842. The van der Waals surface area contributed by atoms with Crippen molar-refractivity contribution in [2.24, 2.45) is 0 Å². The number of furan rings is 1. The summed E-state index contributed by atoms with van der Waals surface area (Å²) < 4.78 is 5.41. The van der Waals surface area contributed by atoms with E-state index in [1.807, 2.05) is 42.5 Å². The van der Waals surface area contributed by atoms with E-state index in [-0.39, 0.29) is 6.04 Å². The Balaban J connectivity index is 2.15. The van der Waals surface area contributed by atoms with Gasteiger partial charge in [0.2, 0.25) is 0 Å². The van der Waals surface area contributed by atoms with Gasteiger partial charge in [0.15, 0.2) is 0 Å². The molecule has 2 aromatic rings. The first kappa shape index (κ1) is 11.8. The van der Waals surface area contributed by atoms with Crippen LogP contribution in [0.5, 0.6) is 0 Å². The van der Waals surface area contributed by atoms with Gasteiger partial charge in [-0.1, -0.05) is 23.7 Å². The highest BCUT2D eigenvalue weighted by Gasteiger charge is 2.12. The first-order chi connectivity index (χ1) is 8.29. The molecule has 17 heavy (non-hydrogen) atoms. The van der Waals surface area contributed by atoms with Crippen LogP contribution in [0, 0.1) is 0 Å². The maximum absolute atomic E-state index is 5.95. The molecule has 0 amide bonds. The first-order valence-electron chi connectivity index (χ1n) is 5.46. The molecule has 0 fully saturated rings. The summed E-state index contributed by atoms with van der Waals surface area (Å²) in [6.45, 7) is 3.76. The third kappa shape index (κ3) is 3.14. The fraction of sp³-hybridized carbons (Fsp3) is 0.143. The van der Waals surface area contributed by atoms with Crippen molar-refractivity contribution in [1.82, 2.24) is 0 Å². The summed E-state index contributed by atoms with van der Waals surface area (Å²) in [4.78, 5) is 0. The van der Waals surface area contributed by atoms with Crippen molar-refractivity contribution in [2.75, 3.05) is 5.32 Å². The summed E-state index contributed by atoms with van der Waals surface area (Å²) in [7, 11) is 0. The minimum atomic E-state index is 0.0842. The van der Waals surface area contributed by atoms with Crippen LogP contribution in [0.3, 0.4) is 0 Å². The van der Waals surface area contributed by atoms with Crippen molar-refractivity contribution >= 4 is 17.3 Å². The molecule has 0 aliphatic rings. The van der Waals surface area contributed by atoms with E-state index < -0.39 is 0 Å². The van der Waals surface area contributed by atoms with Gasteiger partial charge in [0.05, 0.1) is 12.3 Å². The number of hydrogen-bond donors (Lipinski definition) is 1. The second-order valence-electron chi connectivity index (χ2n) is 3.75. The standard InChI is InChI=1S/C14H14ClNO/c1-2-5-13(14-8-4-9-17-14)16-12-7-3-6-11(15)10-12/h2-4,6-10,13,16H,1,5H2. The van der Waals surface area contributed by atoms with Gasteiger partial charge in [0, 0.05) is 10.7 Å². The average molecular weight is 248 g/mol. The number of nitrogens with one attached hydrogen (secondary N) is 1. The van der Waals surface area contributed by atoms with Crippen molar-refractivity contribution in [3.05, 3.63) is 66.1 Å². The first-order valence-corrected chi connectivity index (χ1v) is 5.84. The predicted molar refractivity (Wildman–Crippen MR) is 71.3 cm³/mol. The normalized spacial score (nSPS) is 12.1. The molecule has 88 valence electrons. The summed E-state index contributed by atoms with van der Waals surface area (Å²) in [5, 5.41) is 4.09. The molecular weight excluding hydrogens is 234 g/mol. The molecule has 1 N–H and O–H groups in total. The Kier molecular flexibility index (Phi) is 3.89. The Labute approximate surface area is 106 Å². The molecule has 1 unspecified atom stereocenters. The van der Waals surface area contributed by atoms with Crippen molar-refractivity contribution in [3.63, 3.8) is 0 Å². The zero-order valence-electron chi connectivity index (χ0n) is 9.40. The summed E-state index contributed by atoms with van der Waals surface area (Å²) in [6.07, 6.45) is 4.33. The molecule has 0 aliphatic carbocycles. The van der Waals surface area contributed by atoms with Crippen LogP contribution < -0.4 is 5.32 Å². The fourth-order valence-corrected chi connectivity index (χ4v) is 1.87. The Bertz CT molecular complexity index is 479. The van der Waals surface area contributed by atoms with Crippen molar-refractivity contribution in [3.8, 4) is 0 Å². The summed E-state index contributed by atoms with van der Waals surface area (Å²) in [5.74, 6) is 0.893. The third-order valence-electron chi connectivity index (χ3n) is 2.45. The van der Waals surface area contributed by atoms with Gasteiger partial charge in [-0.2, -0.15) is 0 Å². The van der Waals surface area contributed by atoms with E-state index in [0.717, 1.165) is 17.9 Å². The SMILES string of the molecule is C=CCC(Nc1cccc(Cl)c1)c1ccco1. The second kappa shape index (κ2) is 5.60. The smallest absolute Gasteiger partial charge is 0.126 e. The molecule has 1 aromatic heterocycles. The van der Waals surface area contributed by atoms with Gasteiger partial charge < -0.3 is 9.73 Å². The van der Waals surface area contributed by atoms with E-state index >= 15 is 0 Å². The highest BCUT2D eigenvalue weighted by atomic mass is 35.5. The van der Waals surface area contributed by atoms with Gasteiger partial charge in [-0.25, -0.2) is 0 Å². The van der Waals surface area contributed by atoms with Gasteiger partial charge in [-0.05, 0) is 36.8 Å². The van der Waals surface area contributed by atoms with Crippen LogP contribution >= 0.6 is 11.6 Å². The van der Waals surface area contributed by atoms with Gasteiger partial charge in [0.1, 0.15) is 5.76 Å². The highest BCUT2D eigenvalue weighted by molar-refractivity contribution is 6.30. The molecule has 0 aliphatic heterocycles. The maximum atomic E-state index is 5.95. The van der Waals surface area contributed by atoms with Crippen LogP contribution in [-0.4, -0.2) is 0 Å². The van der Waals surface area contributed by atoms with E-state index in [1.54, 1.807) is 6.26 Å². The lowest BCUT2D eigenvalue weighted by Crippen LogP contribution is -2.08. The Morgan fingerprint density at radius 1 is 1.35 bits per heavy atom. The molecular formula is C14H14ClNO. The largest absolute Gasteiger partial charge is 0.467 e. The summed E-state index contributed by atoms with van der Waals surface area (Å²) in [5.41, 5.74) is 0.973. The topological polar surface area (TPSA) is 25.2 Å². The molecule has 2 nitrogen and oxygen atoms in total. The number of halogens is 1. The molecule has 0 radical (unpaired) electrons. The molecule has 1 atom stereocenters. The van der Waals surface area contributed by atoms with Crippen molar-refractivity contribution in [2.45, 2.75) is 12.5 Å². The van der Waals surface area contributed by atoms with Crippen LogP contribution in [0.25, 0.3) is 0 Å². The Morgan fingerprint density at radius 2 is 2.24 bits per heavy atom. The fourth-order valence-electron chi connectivity index (χ4n) is 1.68. The average Bonchev–Trinajstić information content (AvgIpc) is 2.82. The van der Waals surface area contributed by atoms with Crippen molar-refractivity contribution < 1.29 is 4.42 Å². The van der Waals surface area contributed by atoms with Gasteiger partial charge in [0.25, 0.3) is 0 Å². The quantitative estimate of drug-likeness (QED) is 0.778. The Morgan fingerprint density at radius 3 is 2.88 bits per heavy atom. The van der Waals surface area contributed by atoms with Crippen LogP contribution in [0.2, 0.25) is 5.02 Å². The van der Waals surface area contributed by atoms with Gasteiger partial charge >= 0.3 is 0 Å². The second-order valence-corrected chi connectivity index (χ2v) is 4.18. The maximum Gasteiger partial charge on any atom is 0.126 e. The monoisotopic (exact) mass is 247 g/mol. The molecule has 2 rings (SSSR count). The van der Waals surface area contributed by atoms with Crippen LogP contribution in [0.1, 0.15) is 18.2 Å². The minimum Gasteiger partial charge on any atom is -0.467 e. The van der Waals surface area contributed by atoms with Gasteiger partial charge in [-0.3, -0.25) is 0 Å². The highest BCUT2D eigenvalue weighted by Crippen LogP contribution is 2.24. The molecule has 1 heterocycles. The lowest BCUT2D eigenvalue weighted by molar-refractivity contribution is 0.480. The third-order valence-corrected chi connectivity index (χ3v) is 2.69. The molecule has 1 aromatic carbocycles. The Hall–Kier alpha value is -1.67. The molecule has 0 spiro atoms. The van der Waals surface area contributed by atoms with E-state index in [0.29, 0.717) is 5.02 Å². The molecule has 0 saturated heterocycles. The van der Waals surface area contributed by atoms with Crippen LogP contribution in [0.4, 0.5) is 5.69 Å². The van der Waals surface area contributed by atoms with Crippen LogP contribution in [-0.2, 0) is 0 Å². The molecule has 3 heteroatoms. The van der Waals surface area contributed by atoms with E-state index in [4.69, 9.17) is 16.0 Å². The number of hydrogen-bond acceptors (Lipinski definition) is 2. The van der Waals surface area contributed by atoms with Crippen molar-refractivity contribution in [1.29, 1.82) is 0 Å². The van der Waals surface area contributed by atoms with E-state index in [2.05, 4.69) is 11.9 Å². The molecule has 0 saturated carbocycles. The zero-order chi connectivity index (χ0) is 12.1. The predicted octanol–water partition coefficient (Wildman–Crippen LogP) is 4.66. The lowest BCUT2D eigenvalue weighted by atomic mass is 10.1. The molecule has 0 bridgehead atoms. The van der Waals surface area contributed by atoms with Crippen LogP contribution in [0.15, 0.2) is 59.7 Å². The van der Waals surface area contributed by atoms with E-state index in [1.165, 1.54) is 0 Å². The van der Waals surface area contributed by atoms with Gasteiger partial charge in [-0.15, -0.1) is 6.58 Å². The number of benzene rings is 1. The lowest BCUT2D eigenvalue weighted by Gasteiger charge is -2.16. The van der Waals surface area contributed by atoms with E-state index in [9.17, 15) is 0 Å². The summed E-state index contributed by atoms with van der Waals surface area (Å²) >= 11 is 5.95. The summed E-state index contributed by atoms with van der Waals surface area (Å²) in [6, 6.07) is 11.5. The zero-order valence-corrected chi connectivity index (χ0v) is 10.2. The number of anilines is 1.